The van der Waals surface area contributed by atoms with E-state index in [-0.39, 0.29) is 0 Å². The summed E-state index contributed by atoms with van der Waals surface area (Å²) < 4.78 is 0. The van der Waals surface area contributed by atoms with Crippen molar-refractivity contribution in [1.82, 2.24) is 4.98 Å². The molecule has 6 heteroatoms. The highest BCUT2D eigenvalue weighted by molar-refractivity contribution is 7.15. The normalized spacial score (nSPS) is 12.7. The Labute approximate surface area is 106 Å². The lowest BCUT2D eigenvalue weighted by atomic mass is 10.1. The quantitative estimate of drug-likeness (QED) is 0.885. The second kappa shape index (κ2) is 4.59. The van der Waals surface area contributed by atoms with Gasteiger partial charge >= 0.3 is 0 Å². The Morgan fingerprint density at radius 1 is 1.31 bits per heavy atom. The third-order valence-electron chi connectivity index (χ3n) is 2.07. The molecule has 1 aromatic heterocycles. The van der Waals surface area contributed by atoms with Crippen LogP contribution in [0, 0.1) is 0 Å². The SMILES string of the molecule is Nc1ncc(C(O)c2ccc(Cl)c(Cl)c2)s1. The third-order valence-corrected chi connectivity index (χ3v) is 3.69. The Hall–Kier alpha value is -0.810. The first-order chi connectivity index (χ1) is 7.58. The van der Waals surface area contributed by atoms with Crippen LogP contribution in [0.4, 0.5) is 5.13 Å². The van der Waals surface area contributed by atoms with Gasteiger partial charge in [0.1, 0.15) is 6.10 Å². The van der Waals surface area contributed by atoms with Crippen molar-refractivity contribution in [3.05, 3.63) is 44.9 Å². The fourth-order valence-corrected chi connectivity index (χ4v) is 2.28. The number of halogens is 2. The smallest absolute Gasteiger partial charge is 0.180 e. The van der Waals surface area contributed by atoms with Crippen LogP contribution in [0.1, 0.15) is 16.5 Å². The summed E-state index contributed by atoms with van der Waals surface area (Å²) in [6.45, 7) is 0. The maximum atomic E-state index is 10.0. The van der Waals surface area contributed by atoms with Gasteiger partial charge in [0.05, 0.1) is 14.9 Å². The zero-order valence-corrected chi connectivity index (χ0v) is 10.4. The van der Waals surface area contributed by atoms with Crippen molar-refractivity contribution in [1.29, 1.82) is 0 Å². The van der Waals surface area contributed by atoms with Gasteiger partial charge < -0.3 is 10.8 Å². The molecule has 3 nitrogen and oxygen atoms in total. The van der Waals surface area contributed by atoms with E-state index in [4.69, 9.17) is 28.9 Å². The Bertz CT molecular complexity index is 515. The molecule has 0 aliphatic carbocycles. The van der Waals surface area contributed by atoms with Crippen molar-refractivity contribution in [2.45, 2.75) is 6.10 Å². The van der Waals surface area contributed by atoms with Crippen molar-refractivity contribution in [3.63, 3.8) is 0 Å². The van der Waals surface area contributed by atoms with Crippen molar-refractivity contribution < 1.29 is 5.11 Å². The Balaban J connectivity index is 2.33. The van der Waals surface area contributed by atoms with Crippen LogP contribution in [0.5, 0.6) is 0 Å². The van der Waals surface area contributed by atoms with E-state index < -0.39 is 6.10 Å². The van der Waals surface area contributed by atoms with Crippen molar-refractivity contribution >= 4 is 39.7 Å². The first-order valence-electron chi connectivity index (χ1n) is 4.42. The number of hydrogen-bond acceptors (Lipinski definition) is 4. The highest BCUT2D eigenvalue weighted by Crippen LogP contribution is 2.31. The van der Waals surface area contributed by atoms with Gasteiger partial charge in [0, 0.05) is 6.20 Å². The van der Waals surface area contributed by atoms with Crippen LogP contribution in [-0.4, -0.2) is 10.1 Å². The van der Waals surface area contributed by atoms with Gasteiger partial charge in [-0.3, -0.25) is 0 Å². The standard InChI is InChI=1S/C10H8Cl2N2OS/c11-6-2-1-5(3-7(6)12)9(15)8-4-14-10(13)16-8/h1-4,9,15H,(H2,13,14). The fourth-order valence-electron chi connectivity index (χ4n) is 1.27. The molecule has 16 heavy (non-hydrogen) atoms. The molecule has 1 unspecified atom stereocenters. The maximum Gasteiger partial charge on any atom is 0.180 e. The molecule has 84 valence electrons. The summed E-state index contributed by atoms with van der Waals surface area (Å²) in [6, 6.07) is 4.99. The second-order valence-corrected chi connectivity index (χ2v) is 5.09. The molecule has 1 aromatic carbocycles. The fraction of sp³-hybridized carbons (Fsp3) is 0.100. The van der Waals surface area contributed by atoms with E-state index in [2.05, 4.69) is 4.98 Å². The molecule has 0 fully saturated rings. The predicted molar refractivity (Wildman–Crippen MR) is 67.1 cm³/mol. The summed E-state index contributed by atoms with van der Waals surface area (Å²) in [4.78, 5) is 4.56. The average Bonchev–Trinajstić information content (AvgIpc) is 2.68. The highest BCUT2D eigenvalue weighted by atomic mass is 35.5. The Morgan fingerprint density at radius 2 is 2.06 bits per heavy atom. The van der Waals surface area contributed by atoms with E-state index in [1.165, 1.54) is 11.3 Å². The van der Waals surface area contributed by atoms with Crippen LogP contribution < -0.4 is 5.73 Å². The molecule has 0 spiro atoms. The van der Waals surface area contributed by atoms with Crippen molar-refractivity contribution in [3.8, 4) is 0 Å². The summed E-state index contributed by atoms with van der Waals surface area (Å²) in [7, 11) is 0. The Kier molecular flexibility index (Phi) is 3.35. The average molecular weight is 275 g/mol. The monoisotopic (exact) mass is 274 g/mol. The van der Waals surface area contributed by atoms with Gasteiger partial charge in [0.25, 0.3) is 0 Å². The van der Waals surface area contributed by atoms with Crippen LogP contribution in [-0.2, 0) is 0 Å². The van der Waals surface area contributed by atoms with Gasteiger partial charge in [-0.2, -0.15) is 0 Å². The van der Waals surface area contributed by atoms with Crippen LogP contribution in [0.15, 0.2) is 24.4 Å². The molecule has 0 saturated heterocycles. The van der Waals surface area contributed by atoms with E-state index in [0.717, 1.165) is 0 Å². The van der Waals surface area contributed by atoms with Crippen LogP contribution in [0.3, 0.4) is 0 Å². The molecule has 1 atom stereocenters. The Morgan fingerprint density at radius 3 is 2.62 bits per heavy atom. The van der Waals surface area contributed by atoms with E-state index >= 15 is 0 Å². The van der Waals surface area contributed by atoms with Crippen molar-refractivity contribution in [2.24, 2.45) is 0 Å². The summed E-state index contributed by atoms with van der Waals surface area (Å²) in [5.74, 6) is 0. The number of nitrogens with zero attached hydrogens (tertiary/aromatic N) is 1. The van der Waals surface area contributed by atoms with E-state index in [0.29, 0.717) is 25.6 Å². The zero-order chi connectivity index (χ0) is 11.7. The lowest BCUT2D eigenvalue weighted by Crippen LogP contribution is -1.96. The van der Waals surface area contributed by atoms with Gasteiger partial charge in [0.15, 0.2) is 5.13 Å². The maximum absolute atomic E-state index is 10.0. The minimum atomic E-state index is -0.774. The molecule has 0 aliphatic heterocycles. The molecular weight excluding hydrogens is 267 g/mol. The summed E-state index contributed by atoms with van der Waals surface area (Å²) in [5, 5.41) is 11.3. The van der Waals surface area contributed by atoms with E-state index in [1.807, 2.05) is 0 Å². The number of hydrogen-bond donors (Lipinski definition) is 2. The second-order valence-electron chi connectivity index (χ2n) is 3.18. The molecule has 0 amide bonds. The number of nitrogen functional groups attached to an aromatic ring is 1. The number of anilines is 1. The summed E-state index contributed by atoms with van der Waals surface area (Å²) in [5.41, 5.74) is 6.16. The molecule has 0 radical (unpaired) electrons. The molecule has 0 saturated carbocycles. The molecule has 1 heterocycles. The van der Waals surface area contributed by atoms with E-state index in [9.17, 15) is 5.11 Å². The zero-order valence-electron chi connectivity index (χ0n) is 8.02. The van der Waals surface area contributed by atoms with Crippen LogP contribution >= 0.6 is 34.5 Å². The molecule has 0 aliphatic rings. The number of aromatic nitrogens is 1. The first-order valence-corrected chi connectivity index (χ1v) is 5.99. The van der Waals surface area contributed by atoms with Gasteiger partial charge in [-0.1, -0.05) is 40.6 Å². The minimum Gasteiger partial charge on any atom is -0.383 e. The minimum absolute atomic E-state index is 0.413. The lowest BCUT2D eigenvalue weighted by molar-refractivity contribution is 0.224. The highest BCUT2D eigenvalue weighted by Gasteiger charge is 2.14. The third kappa shape index (κ3) is 2.30. The van der Waals surface area contributed by atoms with Gasteiger partial charge in [0.2, 0.25) is 0 Å². The molecule has 2 rings (SSSR count). The van der Waals surface area contributed by atoms with Gasteiger partial charge in [-0.25, -0.2) is 4.98 Å². The number of nitrogens with two attached hydrogens (primary N) is 1. The number of thiazole rings is 1. The van der Waals surface area contributed by atoms with Crippen LogP contribution in [0.2, 0.25) is 10.0 Å². The molecular formula is C10H8Cl2N2OS. The largest absolute Gasteiger partial charge is 0.383 e. The first kappa shape index (κ1) is 11.7. The molecule has 3 N–H and O–H groups in total. The van der Waals surface area contributed by atoms with Gasteiger partial charge in [-0.15, -0.1) is 0 Å². The van der Waals surface area contributed by atoms with Gasteiger partial charge in [-0.05, 0) is 17.7 Å². The summed E-state index contributed by atoms with van der Waals surface area (Å²) in [6.07, 6.45) is 0.775. The molecule has 0 bridgehead atoms. The topological polar surface area (TPSA) is 59.1 Å². The van der Waals surface area contributed by atoms with Crippen LogP contribution in [0.25, 0.3) is 0 Å². The number of benzene rings is 1. The van der Waals surface area contributed by atoms with E-state index in [1.54, 1.807) is 24.4 Å². The number of aliphatic hydroxyl groups is 1. The number of rotatable bonds is 2. The summed E-state index contributed by atoms with van der Waals surface area (Å²) >= 11 is 12.9. The number of aliphatic hydroxyl groups excluding tert-OH is 1. The predicted octanol–water partition coefficient (Wildman–Crippen LogP) is 3.11. The lowest BCUT2D eigenvalue weighted by Gasteiger charge is -2.09. The van der Waals surface area contributed by atoms with Crippen molar-refractivity contribution in [2.75, 3.05) is 5.73 Å². The molecule has 2 aromatic rings.